The molecule has 10 nitrogen and oxygen atoms in total. The van der Waals surface area contributed by atoms with Gasteiger partial charge in [0.15, 0.2) is 5.82 Å². The van der Waals surface area contributed by atoms with Crippen LogP contribution in [-0.4, -0.2) is 83.1 Å². The Morgan fingerprint density at radius 3 is 2.08 bits per heavy atom. The Kier molecular flexibility index (Phi) is 7.19. The SMILES string of the molecule is CC(=O)N1CCN(c2nc(-c3cccc(C#N)c3)nc(N3CCN(c4ncccc4C(F)(F)F)CC3)n2)CC1. The number of anilines is 3. The van der Waals surface area contributed by atoms with Crippen LogP contribution in [0.3, 0.4) is 0 Å². The Labute approximate surface area is 223 Å². The molecule has 13 heteroatoms. The molecule has 2 saturated heterocycles. The van der Waals surface area contributed by atoms with E-state index in [0.29, 0.717) is 81.2 Å². The first-order chi connectivity index (χ1) is 18.7. The smallest absolute Gasteiger partial charge is 0.353 e. The lowest BCUT2D eigenvalue weighted by Gasteiger charge is -2.37. The van der Waals surface area contributed by atoms with Crippen LogP contribution in [-0.2, 0) is 11.0 Å². The van der Waals surface area contributed by atoms with Gasteiger partial charge in [-0.3, -0.25) is 4.79 Å². The number of hydrogen-bond acceptors (Lipinski definition) is 9. The average Bonchev–Trinajstić information content (AvgIpc) is 2.96. The zero-order valence-corrected chi connectivity index (χ0v) is 21.3. The number of carbonyl (C=O) groups is 1. The topological polar surface area (TPSA) is 105 Å². The standard InChI is InChI=1S/C26H26F3N9O/c1-18(39)35-8-12-37(13-9-35)24-32-22(20-5-2-4-19(16-20)17-30)33-25(34-24)38-14-10-36(11-15-38)23-21(26(27,28)29)6-3-7-31-23/h2-7,16H,8-15H2,1H3. The van der Waals surface area contributed by atoms with Crippen LogP contribution in [0.2, 0.25) is 0 Å². The molecule has 2 aliphatic rings. The Morgan fingerprint density at radius 2 is 1.49 bits per heavy atom. The second-order valence-electron chi connectivity index (χ2n) is 9.29. The summed E-state index contributed by atoms with van der Waals surface area (Å²) in [5.74, 6) is 1.18. The second-order valence-corrected chi connectivity index (χ2v) is 9.29. The van der Waals surface area contributed by atoms with Crippen LogP contribution < -0.4 is 14.7 Å². The number of piperazine rings is 2. The van der Waals surface area contributed by atoms with E-state index in [-0.39, 0.29) is 11.7 Å². The number of nitriles is 1. The molecule has 0 atom stereocenters. The van der Waals surface area contributed by atoms with Crippen molar-refractivity contribution in [2.24, 2.45) is 0 Å². The second kappa shape index (κ2) is 10.7. The van der Waals surface area contributed by atoms with Gasteiger partial charge in [0.25, 0.3) is 0 Å². The molecular weight excluding hydrogens is 511 g/mol. The molecule has 3 aromatic rings. The van der Waals surface area contributed by atoms with Gasteiger partial charge in [-0.05, 0) is 24.3 Å². The molecule has 0 saturated carbocycles. The molecule has 0 unspecified atom stereocenters. The Bertz CT molecular complexity index is 1390. The summed E-state index contributed by atoms with van der Waals surface area (Å²) < 4.78 is 40.6. The third-order valence-corrected chi connectivity index (χ3v) is 6.82. The number of benzene rings is 1. The van der Waals surface area contributed by atoms with Crippen molar-refractivity contribution < 1.29 is 18.0 Å². The molecule has 0 bridgehead atoms. The first-order valence-electron chi connectivity index (χ1n) is 12.5. The normalized spacial score (nSPS) is 16.3. The predicted molar refractivity (Wildman–Crippen MR) is 138 cm³/mol. The minimum atomic E-state index is -4.50. The van der Waals surface area contributed by atoms with Gasteiger partial charge in [-0.2, -0.15) is 33.4 Å². The van der Waals surface area contributed by atoms with Gasteiger partial charge in [-0.25, -0.2) is 4.98 Å². The monoisotopic (exact) mass is 537 g/mol. The van der Waals surface area contributed by atoms with E-state index in [0.717, 1.165) is 6.07 Å². The zero-order chi connectivity index (χ0) is 27.6. The molecule has 2 fully saturated rings. The van der Waals surface area contributed by atoms with Gasteiger partial charge < -0.3 is 19.6 Å². The van der Waals surface area contributed by atoms with Crippen LogP contribution in [0.5, 0.6) is 0 Å². The fourth-order valence-electron chi connectivity index (χ4n) is 4.70. The number of aromatic nitrogens is 4. The fraction of sp³-hybridized carbons (Fsp3) is 0.385. The number of hydrogen-bond donors (Lipinski definition) is 0. The van der Waals surface area contributed by atoms with Crippen molar-refractivity contribution >= 4 is 23.6 Å². The summed E-state index contributed by atoms with van der Waals surface area (Å²) in [6.07, 6.45) is -3.13. The van der Waals surface area contributed by atoms with E-state index in [1.165, 1.54) is 12.3 Å². The molecule has 2 aliphatic heterocycles. The Hall–Kier alpha value is -4.47. The molecule has 0 radical (unpaired) electrons. The zero-order valence-electron chi connectivity index (χ0n) is 21.3. The van der Waals surface area contributed by atoms with Crippen molar-refractivity contribution in [3.63, 3.8) is 0 Å². The van der Waals surface area contributed by atoms with Crippen LogP contribution in [0.25, 0.3) is 11.4 Å². The third-order valence-electron chi connectivity index (χ3n) is 6.82. The van der Waals surface area contributed by atoms with Crippen molar-refractivity contribution in [3.8, 4) is 17.5 Å². The van der Waals surface area contributed by atoms with Crippen LogP contribution in [0.4, 0.5) is 30.9 Å². The predicted octanol–water partition coefficient (Wildman–Crippen LogP) is 2.82. The molecule has 5 rings (SSSR count). The molecule has 202 valence electrons. The maximum atomic E-state index is 13.5. The van der Waals surface area contributed by atoms with Crippen LogP contribution in [0, 0.1) is 11.3 Å². The molecule has 2 aromatic heterocycles. The molecule has 39 heavy (non-hydrogen) atoms. The average molecular weight is 538 g/mol. The van der Waals surface area contributed by atoms with Gasteiger partial charge in [-0.15, -0.1) is 0 Å². The van der Waals surface area contributed by atoms with E-state index in [4.69, 9.17) is 4.98 Å². The lowest BCUT2D eigenvalue weighted by atomic mass is 10.1. The number of rotatable bonds is 4. The lowest BCUT2D eigenvalue weighted by Crippen LogP contribution is -2.49. The van der Waals surface area contributed by atoms with Gasteiger partial charge in [0.2, 0.25) is 17.8 Å². The molecular formula is C26H26F3N9O. The molecule has 4 heterocycles. The third kappa shape index (κ3) is 5.69. The first kappa shape index (κ1) is 26.1. The Balaban J connectivity index is 1.42. The van der Waals surface area contributed by atoms with E-state index in [1.54, 1.807) is 34.9 Å². The van der Waals surface area contributed by atoms with Gasteiger partial charge in [0, 0.05) is 71.0 Å². The van der Waals surface area contributed by atoms with Crippen LogP contribution in [0.15, 0.2) is 42.6 Å². The number of carbonyl (C=O) groups excluding carboxylic acids is 1. The molecule has 1 aromatic carbocycles. The summed E-state index contributed by atoms with van der Waals surface area (Å²) in [6, 6.07) is 11.4. The summed E-state index contributed by atoms with van der Waals surface area (Å²) in [5, 5.41) is 9.35. The summed E-state index contributed by atoms with van der Waals surface area (Å²) in [6.45, 7) is 5.09. The van der Waals surface area contributed by atoms with Crippen molar-refractivity contribution in [2.45, 2.75) is 13.1 Å². The number of amides is 1. The van der Waals surface area contributed by atoms with E-state index >= 15 is 0 Å². The van der Waals surface area contributed by atoms with Crippen molar-refractivity contribution in [3.05, 3.63) is 53.7 Å². The van der Waals surface area contributed by atoms with Gasteiger partial charge in [0.1, 0.15) is 5.82 Å². The minimum absolute atomic E-state index is 0.0134. The summed E-state index contributed by atoms with van der Waals surface area (Å²) in [7, 11) is 0. The highest BCUT2D eigenvalue weighted by Crippen LogP contribution is 2.35. The summed E-state index contributed by atoms with van der Waals surface area (Å²) in [5.41, 5.74) is 0.365. The summed E-state index contributed by atoms with van der Waals surface area (Å²) >= 11 is 0. The fourth-order valence-corrected chi connectivity index (χ4v) is 4.70. The van der Waals surface area contributed by atoms with Crippen LogP contribution in [0.1, 0.15) is 18.1 Å². The van der Waals surface area contributed by atoms with Gasteiger partial charge in [0.05, 0.1) is 17.2 Å². The molecule has 0 spiro atoms. The lowest BCUT2D eigenvalue weighted by molar-refractivity contribution is -0.137. The highest BCUT2D eigenvalue weighted by molar-refractivity contribution is 5.73. The number of halogens is 3. The quantitative estimate of drug-likeness (QED) is 0.497. The van der Waals surface area contributed by atoms with Gasteiger partial charge >= 0.3 is 6.18 Å². The van der Waals surface area contributed by atoms with Crippen molar-refractivity contribution in [1.82, 2.24) is 24.8 Å². The summed E-state index contributed by atoms with van der Waals surface area (Å²) in [4.78, 5) is 37.2. The molecule has 1 amide bonds. The van der Waals surface area contributed by atoms with Crippen molar-refractivity contribution in [2.75, 3.05) is 67.1 Å². The highest BCUT2D eigenvalue weighted by Gasteiger charge is 2.36. The minimum Gasteiger partial charge on any atom is -0.353 e. The van der Waals surface area contributed by atoms with Crippen molar-refractivity contribution in [1.29, 1.82) is 5.26 Å². The largest absolute Gasteiger partial charge is 0.419 e. The van der Waals surface area contributed by atoms with Gasteiger partial charge in [-0.1, -0.05) is 12.1 Å². The molecule has 0 aliphatic carbocycles. The highest BCUT2D eigenvalue weighted by atomic mass is 19.4. The molecule has 0 N–H and O–H groups in total. The maximum Gasteiger partial charge on any atom is 0.419 e. The van der Waals surface area contributed by atoms with E-state index in [2.05, 4.69) is 21.0 Å². The number of alkyl halides is 3. The number of pyridine rings is 1. The maximum absolute atomic E-state index is 13.5. The van der Waals surface area contributed by atoms with Crippen LogP contribution >= 0.6 is 0 Å². The number of nitrogens with zero attached hydrogens (tertiary/aromatic N) is 9. The van der Waals surface area contributed by atoms with E-state index in [9.17, 15) is 23.2 Å². The first-order valence-corrected chi connectivity index (χ1v) is 12.5. The Morgan fingerprint density at radius 1 is 0.872 bits per heavy atom. The van der Waals surface area contributed by atoms with E-state index in [1.807, 2.05) is 15.9 Å². The van der Waals surface area contributed by atoms with E-state index < -0.39 is 11.7 Å².